The summed E-state index contributed by atoms with van der Waals surface area (Å²) in [4.78, 5) is 2.56. The summed E-state index contributed by atoms with van der Waals surface area (Å²) >= 11 is 0. The van der Waals surface area contributed by atoms with E-state index in [2.05, 4.69) is 50.1 Å². The monoisotopic (exact) mass is 288 g/mol. The number of hydrogen-bond acceptors (Lipinski definition) is 2. The highest BCUT2D eigenvalue weighted by Crippen LogP contribution is 2.34. The molecule has 21 heavy (non-hydrogen) atoms. The SMILES string of the molecule is CCCC1CCC(CN)C(N(C)Cc2ccccc2C)C1. The van der Waals surface area contributed by atoms with Crippen molar-refractivity contribution < 1.29 is 0 Å². The molecule has 0 radical (unpaired) electrons. The van der Waals surface area contributed by atoms with E-state index < -0.39 is 0 Å². The van der Waals surface area contributed by atoms with E-state index in [-0.39, 0.29) is 0 Å². The molecule has 0 spiro atoms. The highest BCUT2D eigenvalue weighted by Gasteiger charge is 2.31. The van der Waals surface area contributed by atoms with Crippen molar-refractivity contribution in [1.82, 2.24) is 4.90 Å². The second-order valence-electron chi connectivity index (χ2n) is 6.87. The lowest BCUT2D eigenvalue weighted by atomic mass is 9.76. The minimum absolute atomic E-state index is 0.653. The molecular formula is C19H32N2. The minimum Gasteiger partial charge on any atom is -0.330 e. The molecule has 2 N–H and O–H groups in total. The Hall–Kier alpha value is -0.860. The second kappa shape index (κ2) is 7.95. The van der Waals surface area contributed by atoms with Crippen molar-refractivity contribution in [2.24, 2.45) is 17.6 Å². The number of aryl methyl sites for hydroxylation is 1. The predicted molar refractivity (Wildman–Crippen MR) is 91.2 cm³/mol. The summed E-state index contributed by atoms with van der Waals surface area (Å²) in [5.41, 5.74) is 8.90. The van der Waals surface area contributed by atoms with Gasteiger partial charge in [0, 0.05) is 12.6 Å². The number of benzene rings is 1. The van der Waals surface area contributed by atoms with Crippen LogP contribution < -0.4 is 5.73 Å². The number of rotatable bonds is 6. The van der Waals surface area contributed by atoms with E-state index in [1.54, 1.807) is 0 Å². The van der Waals surface area contributed by atoms with Crippen LogP contribution in [0.3, 0.4) is 0 Å². The third-order valence-corrected chi connectivity index (χ3v) is 5.31. The molecule has 0 saturated heterocycles. The van der Waals surface area contributed by atoms with Gasteiger partial charge in [0.15, 0.2) is 0 Å². The van der Waals surface area contributed by atoms with Crippen molar-refractivity contribution >= 4 is 0 Å². The Labute approximate surface area is 130 Å². The standard InChI is InChI=1S/C19H32N2/c1-4-7-16-10-11-17(13-20)19(12-16)21(3)14-18-9-6-5-8-15(18)2/h5-6,8-9,16-17,19H,4,7,10-14,20H2,1-3H3. The molecule has 0 aliphatic heterocycles. The Morgan fingerprint density at radius 1 is 1.24 bits per heavy atom. The first-order valence-electron chi connectivity index (χ1n) is 8.60. The topological polar surface area (TPSA) is 29.3 Å². The van der Waals surface area contributed by atoms with Crippen molar-refractivity contribution in [2.75, 3.05) is 13.6 Å². The van der Waals surface area contributed by atoms with Crippen molar-refractivity contribution in [3.05, 3.63) is 35.4 Å². The average Bonchev–Trinajstić information content (AvgIpc) is 2.50. The highest BCUT2D eigenvalue weighted by molar-refractivity contribution is 5.25. The molecule has 2 nitrogen and oxygen atoms in total. The van der Waals surface area contributed by atoms with Crippen LogP contribution in [0.5, 0.6) is 0 Å². The molecule has 1 fully saturated rings. The van der Waals surface area contributed by atoms with Gasteiger partial charge >= 0.3 is 0 Å². The first-order valence-corrected chi connectivity index (χ1v) is 8.60. The van der Waals surface area contributed by atoms with Crippen LogP contribution >= 0.6 is 0 Å². The number of nitrogens with zero attached hydrogens (tertiary/aromatic N) is 1. The third kappa shape index (κ3) is 4.31. The van der Waals surface area contributed by atoms with E-state index in [0.717, 1.165) is 19.0 Å². The quantitative estimate of drug-likeness (QED) is 0.858. The lowest BCUT2D eigenvalue weighted by Gasteiger charge is -2.41. The van der Waals surface area contributed by atoms with E-state index in [9.17, 15) is 0 Å². The fourth-order valence-electron chi connectivity index (χ4n) is 3.95. The molecule has 2 heteroatoms. The van der Waals surface area contributed by atoms with E-state index in [0.29, 0.717) is 12.0 Å². The van der Waals surface area contributed by atoms with Crippen molar-refractivity contribution in [1.29, 1.82) is 0 Å². The maximum atomic E-state index is 6.05. The summed E-state index contributed by atoms with van der Waals surface area (Å²) in [7, 11) is 2.29. The zero-order valence-corrected chi connectivity index (χ0v) is 14.0. The van der Waals surface area contributed by atoms with Gasteiger partial charge in [0.05, 0.1) is 0 Å². The molecule has 0 bridgehead atoms. The summed E-state index contributed by atoms with van der Waals surface area (Å²) in [6.45, 7) is 6.40. The van der Waals surface area contributed by atoms with Crippen LogP contribution in [0.1, 0.15) is 50.2 Å². The number of nitrogens with two attached hydrogens (primary N) is 1. The fourth-order valence-corrected chi connectivity index (χ4v) is 3.95. The maximum Gasteiger partial charge on any atom is 0.0236 e. The summed E-state index contributed by atoms with van der Waals surface area (Å²) in [5, 5.41) is 0. The Bertz CT molecular complexity index is 429. The Kier molecular flexibility index (Phi) is 6.25. The molecule has 0 amide bonds. The van der Waals surface area contributed by atoms with Crippen LogP contribution in [-0.2, 0) is 6.54 Å². The normalized spacial score (nSPS) is 26.2. The largest absolute Gasteiger partial charge is 0.330 e. The molecule has 0 aromatic heterocycles. The Morgan fingerprint density at radius 3 is 2.67 bits per heavy atom. The summed E-state index contributed by atoms with van der Waals surface area (Å²) < 4.78 is 0. The number of hydrogen-bond donors (Lipinski definition) is 1. The zero-order valence-electron chi connectivity index (χ0n) is 14.0. The van der Waals surface area contributed by atoms with E-state index in [4.69, 9.17) is 5.73 Å². The minimum atomic E-state index is 0.653. The van der Waals surface area contributed by atoms with Crippen molar-refractivity contribution in [3.8, 4) is 0 Å². The van der Waals surface area contributed by atoms with E-state index in [1.165, 1.54) is 43.2 Å². The van der Waals surface area contributed by atoms with Gasteiger partial charge in [-0.15, -0.1) is 0 Å². The molecule has 1 aromatic rings. The first-order chi connectivity index (χ1) is 10.2. The molecule has 0 heterocycles. The lowest BCUT2D eigenvalue weighted by molar-refractivity contribution is 0.0945. The molecule has 3 unspecified atom stereocenters. The van der Waals surface area contributed by atoms with Crippen LogP contribution in [0, 0.1) is 18.8 Å². The molecule has 1 aromatic carbocycles. The van der Waals surface area contributed by atoms with Gasteiger partial charge in [-0.25, -0.2) is 0 Å². The third-order valence-electron chi connectivity index (χ3n) is 5.31. The Morgan fingerprint density at radius 2 is 2.00 bits per heavy atom. The van der Waals surface area contributed by atoms with Crippen LogP contribution in [-0.4, -0.2) is 24.5 Å². The summed E-state index contributed by atoms with van der Waals surface area (Å²) in [6, 6.07) is 9.40. The smallest absolute Gasteiger partial charge is 0.0236 e. The predicted octanol–water partition coefficient (Wildman–Crippen LogP) is 3.97. The molecule has 2 rings (SSSR count). The van der Waals surface area contributed by atoms with Gasteiger partial charge in [0.2, 0.25) is 0 Å². The molecule has 118 valence electrons. The summed E-state index contributed by atoms with van der Waals surface area (Å²) in [5.74, 6) is 1.58. The van der Waals surface area contributed by atoms with Gasteiger partial charge in [0.1, 0.15) is 0 Å². The average molecular weight is 288 g/mol. The van der Waals surface area contributed by atoms with Crippen molar-refractivity contribution in [3.63, 3.8) is 0 Å². The van der Waals surface area contributed by atoms with E-state index >= 15 is 0 Å². The van der Waals surface area contributed by atoms with Gasteiger partial charge < -0.3 is 5.73 Å². The van der Waals surface area contributed by atoms with Gasteiger partial charge in [-0.1, -0.05) is 50.5 Å². The first kappa shape index (κ1) is 16.5. The van der Waals surface area contributed by atoms with Crippen molar-refractivity contribution in [2.45, 2.75) is 58.5 Å². The molecule has 1 saturated carbocycles. The van der Waals surface area contributed by atoms with Crippen LogP contribution in [0.15, 0.2) is 24.3 Å². The Balaban J connectivity index is 2.03. The van der Waals surface area contributed by atoms with Gasteiger partial charge in [-0.3, -0.25) is 4.90 Å². The fraction of sp³-hybridized carbons (Fsp3) is 0.684. The maximum absolute atomic E-state index is 6.05. The van der Waals surface area contributed by atoms with E-state index in [1.807, 2.05) is 0 Å². The van der Waals surface area contributed by atoms with Crippen LogP contribution in [0.4, 0.5) is 0 Å². The van der Waals surface area contributed by atoms with Gasteiger partial charge in [-0.2, -0.15) is 0 Å². The molecule has 3 atom stereocenters. The molecule has 1 aliphatic rings. The van der Waals surface area contributed by atoms with Gasteiger partial charge in [-0.05, 0) is 56.3 Å². The van der Waals surface area contributed by atoms with Gasteiger partial charge in [0.25, 0.3) is 0 Å². The molecular weight excluding hydrogens is 256 g/mol. The lowest BCUT2D eigenvalue weighted by Crippen LogP contribution is -2.44. The van der Waals surface area contributed by atoms with Crippen LogP contribution in [0.25, 0.3) is 0 Å². The van der Waals surface area contributed by atoms with Crippen LogP contribution in [0.2, 0.25) is 0 Å². The zero-order chi connectivity index (χ0) is 15.2. The highest BCUT2D eigenvalue weighted by atomic mass is 15.1. The summed E-state index contributed by atoms with van der Waals surface area (Å²) in [6.07, 6.45) is 6.71. The molecule has 1 aliphatic carbocycles. The second-order valence-corrected chi connectivity index (χ2v) is 6.87.